The third-order valence-electron chi connectivity index (χ3n) is 3.03. The van der Waals surface area contributed by atoms with E-state index >= 15 is 0 Å². The average molecular weight is 290 g/mol. The maximum Gasteiger partial charge on any atom is 0.226 e. The highest BCUT2D eigenvalue weighted by molar-refractivity contribution is 6.28. The fraction of sp³-hybridized carbons (Fsp3) is 0.154. The number of fused-ring (bicyclic) bond motifs is 1. The third kappa shape index (κ3) is 2.25. The summed E-state index contributed by atoms with van der Waals surface area (Å²) in [5, 5.41) is 13.2. The molecule has 2 heterocycles. The molecule has 1 aromatic carbocycles. The Morgan fingerprint density at radius 1 is 1.35 bits per heavy atom. The molecule has 20 heavy (non-hydrogen) atoms. The van der Waals surface area contributed by atoms with Crippen LogP contribution in [0.2, 0.25) is 5.28 Å². The minimum Gasteiger partial charge on any atom is -0.507 e. The van der Waals surface area contributed by atoms with Gasteiger partial charge in [-0.2, -0.15) is 9.97 Å². The van der Waals surface area contributed by atoms with Gasteiger partial charge in [-0.05, 0) is 24.1 Å². The number of phenols is 1. The fourth-order valence-electron chi connectivity index (χ4n) is 1.98. The molecule has 0 atom stereocenters. The number of halogens is 1. The normalized spacial score (nSPS) is 10.9. The van der Waals surface area contributed by atoms with E-state index in [1.54, 1.807) is 0 Å². The summed E-state index contributed by atoms with van der Waals surface area (Å²) in [7, 11) is 0. The van der Waals surface area contributed by atoms with E-state index in [0.717, 1.165) is 11.1 Å². The van der Waals surface area contributed by atoms with Crippen LogP contribution in [0.5, 0.6) is 5.75 Å². The number of hydrogen-bond donors (Lipinski definition) is 3. The topological polar surface area (TPSA) is 86.7 Å². The van der Waals surface area contributed by atoms with Crippen LogP contribution in [-0.2, 0) is 6.54 Å². The van der Waals surface area contributed by atoms with Crippen LogP contribution in [0.3, 0.4) is 0 Å². The molecule has 0 aliphatic carbocycles. The van der Waals surface area contributed by atoms with Gasteiger partial charge < -0.3 is 15.4 Å². The molecule has 3 N–H and O–H groups in total. The zero-order valence-corrected chi connectivity index (χ0v) is 11.4. The number of nitrogens with zero attached hydrogens (tertiary/aromatic N) is 3. The van der Waals surface area contributed by atoms with E-state index in [1.807, 2.05) is 25.1 Å². The molecule has 0 saturated heterocycles. The van der Waals surface area contributed by atoms with Gasteiger partial charge in [0.05, 0.1) is 6.33 Å². The Morgan fingerprint density at radius 2 is 2.20 bits per heavy atom. The first kappa shape index (κ1) is 12.7. The molecule has 0 bridgehead atoms. The number of hydrogen-bond acceptors (Lipinski definition) is 5. The van der Waals surface area contributed by atoms with Crippen molar-refractivity contribution in [1.82, 2.24) is 19.9 Å². The van der Waals surface area contributed by atoms with Crippen LogP contribution in [-0.4, -0.2) is 25.0 Å². The predicted molar refractivity (Wildman–Crippen MR) is 76.9 cm³/mol. The Balaban J connectivity index is 1.90. The summed E-state index contributed by atoms with van der Waals surface area (Å²) in [5.74, 6) is 0.833. The van der Waals surface area contributed by atoms with Crippen LogP contribution in [0.25, 0.3) is 11.2 Å². The number of aromatic nitrogens is 4. The number of aryl methyl sites for hydroxylation is 1. The number of benzene rings is 1. The first-order valence-corrected chi connectivity index (χ1v) is 6.41. The van der Waals surface area contributed by atoms with Crippen molar-refractivity contribution in [2.24, 2.45) is 0 Å². The Hall–Kier alpha value is -2.34. The highest BCUT2D eigenvalue weighted by Crippen LogP contribution is 2.24. The summed E-state index contributed by atoms with van der Waals surface area (Å²) in [5.41, 5.74) is 2.80. The van der Waals surface area contributed by atoms with Gasteiger partial charge in [0.15, 0.2) is 11.5 Å². The van der Waals surface area contributed by atoms with Gasteiger partial charge in [0, 0.05) is 12.1 Å². The molecule has 0 unspecified atom stereocenters. The van der Waals surface area contributed by atoms with Gasteiger partial charge in [0.2, 0.25) is 5.28 Å². The van der Waals surface area contributed by atoms with Crippen LogP contribution >= 0.6 is 11.6 Å². The number of phenolic OH excluding ortho intramolecular Hbond substituents is 1. The Bertz CT molecular complexity index is 771. The van der Waals surface area contributed by atoms with Gasteiger partial charge in [0.1, 0.15) is 11.3 Å². The standard InChI is InChI=1S/C13H12ClN5O/c1-7-3-2-4-8(10(7)20)5-15-11-9-12(17-6-16-9)19-13(14)18-11/h2-4,6,20H,5H2,1H3,(H2,15,16,17,18,19). The van der Waals surface area contributed by atoms with E-state index in [2.05, 4.69) is 25.3 Å². The van der Waals surface area contributed by atoms with Gasteiger partial charge in [-0.1, -0.05) is 18.2 Å². The van der Waals surface area contributed by atoms with E-state index in [0.29, 0.717) is 23.5 Å². The van der Waals surface area contributed by atoms with Gasteiger partial charge in [-0.25, -0.2) is 4.98 Å². The van der Waals surface area contributed by atoms with E-state index < -0.39 is 0 Å². The van der Waals surface area contributed by atoms with Crippen molar-refractivity contribution in [1.29, 1.82) is 0 Å². The molecule has 0 aliphatic heterocycles. The molecule has 3 aromatic rings. The number of nitrogens with one attached hydrogen (secondary N) is 2. The van der Waals surface area contributed by atoms with Crippen LogP contribution in [0, 0.1) is 6.92 Å². The molecule has 0 radical (unpaired) electrons. The summed E-state index contributed by atoms with van der Waals surface area (Å²) in [6, 6.07) is 5.60. The SMILES string of the molecule is Cc1cccc(CNc2nc(Cl)nc3nc[nH]c23)c1O. The number of H-pyrrole nitrogens is 1. The lowest BCUT2D eigenvalue weighted by atomic mass is 10.1. The minimum absolute atomic E-state index is 0.126. The molecule has 0 spiro atoms. The van der Waals surface area contributed by atoms with E-state index in [9.17, 15) is 5.11 Å². The molecule has 7 heteroatoms. The van der Waals surface area contributed by atoms with Crippen LogP contribution in [0.4, 0.5) is 5.82 Å². The Labute approximate surface area is 119 Å². The number of aromatic amines is 1. The lowest BCUT2D eigenvalue weighted by molar-refractivity contribution is 0.465. The van der Waals surface area contributed by atoms with Gasteiger partial charge >= 0.3 is 0 Å². The van der Waals surface area contributed by atoms with Crippen molar-refractivity contribution in [2.45, 2.75) is 13.5 Å². The smallest absolute Gasteiger partial charge is 0.226 e. The summed E-state index contributed by atoms with van der Waals surface area (Å²) < 4.78 is 0. The maximum absolute atomic E-state index is 9.98. The van der Waals surface area contributed by atoms with Gasteiger partial charge in [-0.15, -0.1) is 0 Å². The summed E-state index contributed by atoms with van der Waals surface area (Å²) in [4.78, 5) is 15.1. The molecule has 2 aromatic heterocycles. The number of rotatable bonds is 3. The van der Waals surface area contributed by atoms with Gasteiger partial charge in [0.25, 0.3) is 0 Å². The molecular formula is C13H12ClN5O. The summed E-state index contributed by atoms with van der Waals surface area (Å²) >= 11 is 5.85. The second-order valence-electron chi connectivity index (χ2n) is 4.38. The molecule has 3 rings (SSSR count). The molecule has 0 fully saturated rings. The largest absolute Gasteiger partial charge is 0.507 e. The van der Waals surface area contributed by atoms with Crippen molar-refractivity contribution in [3.8, 4) is 5.75 Å². The summed E-state index contributed by atoms with van der Waals surface area (Å²) in [6.45, 7) is 2.28. The monoisotopic (exact) mass is 289 g/mol. The molecule has 6 nitrogen and oxygen atoms in total. The quantitative estimate of drug-likeness (QED) is 0.645. The lowest BCUT2D eigenvalue weighted by Crippen LogP contribution is -2.04. The highest BCUT2D eigenvalue weighted by Gasteiger charge is 2.10. The van der Waals surface area contributed by atoms with Crippen molar-refractivity contribution in [3.63, 3.8) is 0 Å². The van der Waals surface area contributed by atoms with Crippen LogP contribution in [0.1, 0.15) is 11.1 Å². The van der Waals surface area contributed by atoms with Crippen LogP contribution in [0.15, 0.2) is 24.5 Å². The predicted octanol–water partition coefficient (Wildman–Crippen LogP) is 2.63. The molecule has 102 valence electrons. The number of para-hydroxylation sites is 1. The molecule has 0 amide bonds. The maximum atomic E-state index is 9.98. The highest BCUT2D eigenvalue weighted by atomic mass is 35.5. The van der Waals surface area contributed by atoms with E-state index in [-0.39, 0.29) is 11.0 Å². The zero-order valence-electron chi connectivity index (χ0n) is 10.7. The minimum atomic E-state index is 0.126. The number of imidazole rings is 1. The number of aromatic hydroxyl groups is 1. The van der Waals surface area contributed by atoms with Crippen LogP contribution < -0.4 is 5.32 Å². The number of anilines is 1. The first-order valence-electron chi connectivity index (χ1n) is 6.03. The van der Waals surface area contributed by atoms with Crippen molar-refractivity contribution in [3.05, 3.63) is 40.9 Å². The van der Waals surface area contributed by atoms with Gasteiger partial charge in [-0.3, -0.25) is 0 Å². The summed E-state index contributed by atoms with van der Waals surface area (Å²) in [6.07, 6.45) is 1.53. The van der Waals surface area contributed by atoms with Crippen molar-refractivity contribution in [2.75, 3.05) is 5.32 Å². The fourth-order valence-corrected chi connectivity index (χ4v) is 2.14. The lowest BCUT2D eigenvalue weighted by Gasteiger charge is -2.09. The first-order chi connectivity index (χ1) is 9.65. The second-order valence-corrected chi connectivity index (χ2v) is 4.72. The molecule has 0 aliphatic rings. The van der Waals surface area contributed by atoms with Crippen molar-refractivity contribution >= 4 is 28.6 Å². The Kier molecular flexibility index (Phi) is 3.15. The molecule has 0 saturated carbocycles. The van der Waals surface area contributed by atoms with Crippen molar-refractivity contribution < 1.29 is 5.11 Å². The molecular weight excluding hydrogens is 278 g/mol. The average Bonchev–Trinajstić information content (AvgIpc) is 2.88. The Morgan fingerprint density at radius 3 is 3.05 bits per heavy atom. The van der Waals surface area contributed by atoms with E-state index in [4.69, 9.17) is 11.6 Å². The second kappa shape index (κ2) is 4.97. The van der Waals surface area contributed by atoms with E-state index in [1.165, 1.54) is 6.33 Å². The third-order valence-corrected chi connectivity index (χ3v) is 3.19. The zero-order chi connectivity index (χ0) is 14.1.